The van der Waals surface area contributed by atoms with Gasteiger partial charge in [-0.15, -0.1) is 0 Å². The largest absolute Gasteiger partial charge is 0.373 e. The predicted octanol–water partition coefficient (Wildman–Crippen LogP) is 1.64. The molecule has 30 heavy (non-hydrogen) atoms. The number of hydrogen-bond donors (Lipinski definition) is 5. The van der Waals surface area contributed by atoms with Gasteiger partial charge in [-0.05, 0) is 26.2 Å². The Hall–Kier alpha value is -2.41. The van der Waals surface area contributed by atoms with Gasteiger partial charge in [-0.2, -0.15) is 0 Å². The Morgan fingerprint density at radius 3 is 2.90 bits per heavy atom. The molecule has 1 saturated heterocycles. The van der Waals surface area contributed by atoms with Gasteiger partial charge in [0, 0.05) is 25.7 Å². The van der Waals surface area contributed by atoms with E-state index in [1.54, 1.807) is 6.20 Å². The van der Waals surface area contributed by atoms with Crippen molar-refractivity contribution in [2.75, 3.05) is 45.2 Å². The van der Waals surface area contributed by atoms with Crippen LogP contribution in [0.5, 0.6) is 0 Å². The third-order valence-electron chi connectivity index (χ3n) is 3.96. The molecule has 12 heteroatoms. The normalized spacial score (nSPS) is 16.6. The number of anilines is 1. The molecule has 164 valence electrons. The number of nitrogens with one attached hydrogen (secondary N) is 4. The summed E-state index contributed by atoms with van der Waals surface area (Å²) in [6.07, 6.45) is 2.58. The lowest BCUT2D eigenvalue weighted by Gasteiger charge is -2.33. The van der Waals surface area contributed by atoms with E-state index in [9.17, 15) is 8.78 Å². The lowest BCUT2D eigenvalue weighted by molar-refractivity contribution is 0.0445. The van der Waals surface area contributed by atoms with Crippen LogP contribution in [0.2, 0.25) is 0 Å². The van der Waals surface area contributed by atoms with Crippen molar-refractivity contribution >= 4 is 30.4 Å². The van der Waals surface area contributed by atoms with E-state index in [0.29, 0.717) is 43.5 Å². The van der Waals surface area contributed by atoms with Crippen molar-refractivity contribution in [2.45, 2.75) is 12.5 Å². The van der Waals surface area contributed by atoms with Crippen molar-refractivity contribution in [1.29, 1.82) is 5.41 Å². The fourth-order valence-electron chi connectivity index (χ4n) is 2.61. The second-order valence-corrected chi connectivity index (χ2v) is 6.65. The lowest BCUT2D eigenvalue weighted by atomic mass is 10.2. The summed E-state index contributed by atoms with van der Waals surface area (Å²) in [6, 6.07) is 1.83. The van der Waals surface area contributed by atoms with Crippen molar-refractivity contribution in [3.8, 4) is 11.4 Å². The van der Waals surface area contributed by atoms with Gasteiger partial charge >= 0.3 is 0 Å². The Bertz CT molecular complexity index is 830. The van der Waals surface area contributed by atoms with E-state index in [0.717, 1.165) is 11.9 Å². The highest BCUT2D eigenvalue weighted by Crippen LogP contribution is 2.21. The minimum absolute atomic E-state index is 0.0173. The van der Waals surface area contributed by atoms with Gasteiger partial charge in [0.05, 0.1) is 36.0 Å². The van der Waals surface area contributed by atoms with Gasteiger partial charge in [-0.1, -0.05) is 12.8 Å². The highest BCUT2D eigenvalue weighted by molar-refractivity contribution is 7.78. The van der Waals surface area contributed by atoms with E-state index < -0.39 is 12.1 Å². The Morgan fingerprint density at radius 1 is 1.43 bits per heavy atom. The molecule has 0 radical (unpaired) electrons. The number of halogens is 2. The van der Waals surface area contributed by atoms with E-state index in [1.807, 2.05) is 20.2 Å². The second-order valence-electron chi connectivity index (χ2n) is 6.33. The van der Waals surface area contributed by atoms with E-state index in [1.165, 1.54) is 12.4 Å². The first-order valence-corrected chi connectivity index (χ1v) is 9.67. The number of nitrogens with zero attached hydrogens (tertiary/aromatic N) is 4. The first kappa shape index (κ1) is 23.9. The molecule has 0 saturated carbocycles. The molecule has 1 fully saturated rings. The summed E-state index contributed by atoms with van der Waals surface area (Å²) < 4.78 is 33.2. The molecule has 1 unspecified atom stereocenters. The standard InChI is InChI=1S/C16H19F2N7OS.C2H7N/c17-16(18)11(19)1-2-14-20-7-13(24-14)12-5-15(22-9-21-12)25-3-4-26-10(8-25)6-23-27;1-3-2/h1-2,5,7,9-10,16,19,23,27H,3-4,6,8H2,(H,20,24);3H,1-2H3/b2-1-,19-11?;. The Balaban J connectivity index is 0.00000101. The highest BCUT2D eigenvalue weighted by atomic mass is 32.1. The van der Waals surface area contributed by atoms with E-state index in [2.05, 4.69) is 47.7 Å². The van der Waals surface area contributed by atoms with Crippen LogP contribution in [0, 0.1) is 5.41 Å². The first-order chi connectivity index (χ1) is 14.5. The number of allylic oxidation sites excluding steroid dienone is 1. The van der Waals surface area contributed by atoms with Crippen molar-refractivity contribution in [1.82, 2.24) is 30.0 Å². The fraction of sp³-hybridized carbons (Fsp3) is 0.444. The third kappa shape index (κ3) is 7.13. The summed E-state index contributed by atoms with van der Waals surface area (Å²) in [5.41, 5.74) is 0.491. The summed E-state index contributed by atoms with van der Waals surface area (Å²) in [5, 5.41) is 9.88. The number of aromatic nitrogens is 4. The van der Waals surface area contributed by atoms with Crippen molar-refractivity contribution in [2.24, 2.45) is 0 Å². The topological polar surface area (TPSA) is 115 Å². The molecular formula is C18H26F2N8OS. The Morgan fingerprint density at radius 2 is 2.20 bits per heavy atom. The summed E-state index contributed by atoms with van der Waals surface area (Å²) in [7, 11) is 3.75. The minimum Gasteiger partial charge on any atom is -0.373 e. The van der Waals surface area contributed by atoms with Gasteiger partial charge in [0.15, 0.2) is 0 Å². The minimum atomic E-state index is -2.81. The van der Waals surface area contributed by atoms with Gasteiger partial charge in [-0.3, -0.25) is 10.1 Å². The molecule has 1 aliphatic heterocycles. The van der Waals surface area contributed by atoms with Gasteiger partial charge in [0.2, 0.25) is 0 Å². The SMILES string of the molecule is CNC.N=C(/C=C\c1ncc(-c2cc(N3CCOC(CNS)C3)ncn2)[nH]1)C(F)F. The zero-order valence-corrected chi connectivity index (χ0v) is 17.7. The quantitative estimate of drug-likeness (QED) is 0.328. The molecule has 1 aliphatic rings. The smallest absolute Gasteiger partial charge is 0.279 e. The molecule has 1 atom stereocenters. The molecule has 3 heterocycles. The number of imidazole rings is 1. The van der Waals surface area contributed by atoms with E-state index in [4.69, 9.17) is 10.1 Å². The predicted molar refractivity (Wildman–Crippen MR) is 116 cm³/mol. The van der Waals surface area contributed by atoms with Crippen LogP contribution in [0.15, 0.2) is 24.7 Å². The molecule has 0 amide bonds. The van der Waals surface area contributed by atoms with Crippen LogP contribution in [0.25, 0.3) is 17.5 Å². The molecule has 3 rings (SSSR count). The molecule has 2 aromatic rings. The Kier molecular flexibility index (Phi) is 9.80. The zero-order valence-electron chi connectivity index (χ0n) is 16.8. The van der Waals surface area contributed by atoms with Crippen LogP contribution >= 0.6 is 12.8 Å². The molecule has 0 bridgehead atoms. The van der Waals surface area contributed by atoms with E-state index >= 15 is 0 Å². The maximum Gasteiger partial charge on any atom is 0.279 e. The van der Waals surface area contributed by atoms with Crippen LogP contribution in [0.3, 0.4) is 0 Å². The summed E-state index contributed by atoms with van der Waals surface area (Å²) in [6.45, 7) is 2.61. The molecular weight excluding hydrogens is 414 g/mol. The summed E-state index contributed by atoms with van der Waals surface area (Å²) in [5.74, 6) is 1.13. The molecule has 9 nitrogen and oxygen atoms in total. The van der Waals surface area contributed by atoms with Crippen LogP contribution in [-0.4, -0.2) is 78.5 Å². The third-order valence-corrected chi connectivity index (χ3v) is 4.14. The summed E-state index contributed by atoms with van der Waals surface area (Å²) >= 11 is 4.01. The zero-order chi connectivity index (χ0) is 21.9. The number of thiol groups is 1. The van der Waals surface area contributed by atoms with Gasteiger partial charge < -0.3 is 19.9 Å². The number of alkyl halides is 2. The molecule has 0 aliphatic carbocycles. The van der Waals surface area contributed by atoms with Crippen LogP contribution in [0.4, 0.5) is 14.6 Å². The average molecular weight is 441 g/mol. The number of ether oxygens (including phenoxy) is 1. The maximum atomic E-state index is 12.4. The first-order valence-electron chi connectivity index (χ1n) is 9.22. The second kappa shape index (κ2) is 12.3. The van der Waals surface area contributed by atoms with Gasteiger partial charge in [0.25, 0.3) is 6.43 Å². The number of hydrogen-bond acceptors (Lipinski definition) is 9. The molecule has 0 aromatic carbocycles. The monoisotopic (exact) mass is 440 g/mol. The fourth-order valence-corrected chi connectivity index (χ4v) is 2.82. The Labute approximate surface area is 179 Å². The van der Waals surface area contributed by atoms with Gasteiger partial charge in [0.1, 0.15) is 18.0 Å². The van der Waals surface area contributed by atoms with Crippen LogP contribution in [0.1, 0.15) is 5.82 Å². The number of H-pyrrole nitrogens is 1. The molecule has 4 N–H and O–H groups in total. The number of aromatic amines is 1. The van der Waals surface area contributed by atoms with Gasteiger partial charge in [-0.25, -0.2) is 23.7 Å². The van der Waals surface area contributed by atoms with Crippen molar-refractivity contribution in [3.05, 3.63) is 30.5 Å². The van der Waals surface area contributed by atoms with Crippen LogP contribution < -0.4 is 14.9 Å². The van der Waals surface area contributed by atoms with E-state index in [-0.39, 0.29) is 6.10 Å². The maximum absolute atomic E-state index is 12.4. The lowest BCUT2D eigenvalue weighted by Crippen LogP contribution is -2.46. The van der Waals surface area contributed by atoms with Crippen molar-refractivity contribution in [3.63, 3.8) is 0 Å². The molecule has 0 spiro atoms. The number of rotatable bonds is 7. The van der Waals surface area contributed by atoms with Crippen molar-refractivity contribution < 1.29 is 13.5 Å². The average Bonchev–Trinajstić information content (AvgIpc) is 3.22. The van der Waals surface area contributed by atoms with Crippen LogP contribution in [-0.2, 0) is 4.74 Å². The molecule has 2 aromatic heterocycles. The summed E-state index contributed by atoms with van der Waals surface area (Å²) in [4.78, 5) is 17.8. The highest BCUT2D eigenvalue weighted by Gasteiger charge is 2.21. The number of morpholine rings is 1.